The first kappa shape index (κ1) is 16.8. The molecule has 0 heterocycles. The van der Waals surface area contributed by atoms with Gasteiger partial charge in [0.2, 0.25) is 0 Å². The standard InChI is InChI=1S/C18H12.2CNO/c1-3-7-15-13(5-1)9-11-18-16-8-4-2-6-14(16)10-12-17(15)18;2*2-1-3/h1-12H;;/q;2*-1. The molecule has 0 saturated carbocycles. The second-order valence-electron chi connectivity index (χ2n) is 4.85. The van der Waals surface area contributed by atoms with E-state index in [0.29, 0.717) is 12.2 Å². The van der Waals surface area contributed by atoms with Crippen molar-refractivity contribution in [3.05, 3.63) is 83.6 Å². The number of isocyanates is 2. The van der Waals surface area contributed by atoms with Crippen molar-refractivity contribution in [3.63, 3.8) is 0 Å². The summed E-state index contributed by atoms with van der Waals surface area (Å²) in [6, 6.07) is 26.0. The van der Waals surface area contributed by atoms with Crippen molar-refractivity contribution in [1.82, 2.24) is 0 Å². The maximum Gasteiger partial charge on any atom is -0.00990 e. The summed E-state index contributed by atoms with van der Waals surface area (Å²) in [4.78, 5) is 16.5. The fraction of sp³-hybridized carbons (Fsp3) is 0. The van der Waals surface area contributed by atoms with Gasteiger partial charge in [-0.25, -0.2) is 0 Å². The molecule has 0 saturated heterocycles. The van der Waals surface area contributed by atoms with E-state index in [4.69, 9.17) is 20.4 Å². The van der Waals surface area contributed by atoms with Crippen molar-refractivity contribution >= 4 is 44.5 Å². The lowest BCUT2D eigenvalue weighted by molar-refractivity contribution is 0.568. The topological polar surface area (TPSA) is 78.7 Å². The van der Waals surface area contributed by atoms with E-state index in [9.17, 15) is 0 Å². The molecule has 4 aromatic carbocycles. The molecule has 0 unspecified atom stereocenters. The van der Waals surface area contributed by atoms with Crippen LogP contribution in [0.1, 0.15) is 0 Å². The van der Waals surface area contributed by atoms with Gasteiger partial charge in [0.05, 0.1) is 0 Å². The van der Waals surface area contributed by atoms with Gasteiger partial charge in [0.15, 0.2) is 0 Å². The maximum absolute atomic E-state index is 8.24. The summed E-state index contributed by atoms with van der Waals surface area (Å²) in [7, 11) is 0. The molecule has 4 heteroatoms. The first-order valence-corrected chi connectivity index (χ1v) is 7.08. The van der Waals surface area contributed by atoms with Gasteiger partial charge >= 0.3 is 0 Å². The van der Waals surface area contributed by atoms with Crippen LogP contribution in [0.25, 0.3) is 43.1 Å². The number of fused-ring (bicyclic) bond motifs is 5. The molecule has 0 spiro atoms. The van der Waals surface area contributed by atoms with Crippen molar-refractivity contribution in [1.29, 1.82) is 0 Å². The summed E-state index contributed by atoms with van der Waals surface area (Å²) in [5.74, 6) is 0. The molecule has 116 valence electrons. The Morgan fingerprint density at radius 1 is 0.500 bits per heavy atom. The summed E-state index contributed by atoms with van der Waals surface area (Å²) in [6.07, 6.45) is 1.00. The molecule has 0 aliphatic rings. The quantitative estimate of drug-likeness (QED) is 0.262. The number of nitrogens with zero attached hydrogens (tertiary/aromatic N) is 2. The highest BCUT2D eigenvalue weighted by atomic mass is 16.1. The van der Waals surface area contributed by atoms with E-state index in [-0.39, 0.29) is 0 Å². The van der Waals surface area contributed by atoms with Crippen LogP contribution in [0.15, 0.2) is 72.8 Å². The Morgan fingerprint density at radius 3 is 1.21 bits per heavy atom. The minimum absolute atomic E-state index is 0.500. The average Bonchev–Trinajstić information content (AvgIpc) is 2.62. The normalized spacial score (nSPS) is 9.17. The Bertz CT molecular complexity index is 972. The van der Waals surface area contributed by atoms with Crippen molar-refractivity contribution in [2.24, 2.45) is 0 Å². The second kappa shape index (κ2) is 8.16. The van der Waals surface area contributed by atoms with Crippen LogP contribution in [0.4, 0.5) is 0 Å². The third-order valence-electron chi connectivity index (χ3n) is 3.65. The minimum atomic E-state index is 0.500. The summed E-state index contributed by atoms with van der Waals surface area (Å²) in [6.45, 7) is 0. The molecular weight excluding hydrogens is 300 g/mol. The zero-order chi connectivity index (χ0) is 17.4. The van der Waals surface area contributed by atoms with Crippen LogP contribution in [0.3, 0.4) is 0 Å². The van der Waals surface area contributed by atoms with Crippen molar-refractivity contribution in [3.8, 4) is 0 Å². The van der Waals surface area contributed by atoms with E-state index in [2.05, 4.69) is 72.8 Å². The number of rotatable bonds is 0. The van der Waals surface area contributed by atoms with Crippen LogP contribution in [0, 0.1) is 0 Å². The van der Waals surface area contributed by atoms with E-state index >= 15 is 0 Å². The highest BCUT2D eigenvalue weighted by molar-refractivity contribution is 6.17. The number of hydrogen-bond acceptors (Lipinski definition) is 2. The zero-order valence-corrected chi connectivity index (χ0v) is 12.6. The van der Waals surface area contributed by atoms with Gasteiger partial charge in [0, 0.05) is 0 Å². The summed E-state index contributed by atoms with van der Waals surface area (Å²) in [5, 5.41) is 21.5. The summed E-state index contributed by atoms with van der Waals surface area (Å²) < 4.78 is 0. The molecule has 0 fully saturated rings. The van der Waals surface area contributed by atoms with Crippen LogP contribution in [0.5, 0.6) is 0 Å². The summed E-state index contributed by atoms with van der Waals surface area (Å²) in [5.41, 5.74) is 0. The lowest BCUT2D eigenvalue weighted by Gasteiger charge is -2.07. The molecule has 4 aromatic rings. The Hall–Kier alpha value is -3.58. The van der Waals surface area contributed by atoms with Crippen molar-refractivity contribution in [2.45, 2.75) is 0 Å². The van der Waals surface area contributed by atoms with Crippen LogP contribution in [-0.2, 0) is 9.59 Å². The van der Waals surface area contributed by atoms with E-state index in [1.807, 2.05) is 0 Å². The van der Waals surface area contributed by atoms with E-state index < -0.39 is 0 Å². The Balaban J connectivity index is 0.000000308. The first-order chi connectivity index (χ1) is 11.8. The molecule has 0 aliphatic carbocycles. The van der Waals surface area contributed by atoms with Gasteiger partial charge in [-0.05, 0) is 44.5 Å². The SMILES string of the molecule is [N-]=C=O.[N-]=C=O.c1ccc2c(c1)ccc1c3ccccc3ccc21. The highest BCUT2D eigenvalue weighted by Gasteiger charge is 2.03. The van der Waals surface area contributed by atoms with Gasteiger partial charge in [-0.1, -0.05) is 72.8 Å². The molecule has 0 aromatic heterocycles. The molecule has 0 N–H and O–H groups in total. The Labute approximate surface area is 138 Å². The monoisotopic (exact) mass is 312 g/mol. The molecule has 0 aliphatic heterocycles. The van der Waals surface area contributed by atoms with E-state index in [1.165, 1.54) is 32.3 Å². The molecule has 0 radical (unpaired) electrons. The zero-order valence-electron chi connectivity index (χ0n) is 12.6. The molecule has 24 heavy (non-hydrogen) atoms. The van der Waals surface area contributed by atoms with Crippen molar-refractivity contribution < 1.29 is 9.59 Å². The molecular formula is C20H12N2O2-2. The number of carbonyl (C=O) groups excluding carboxylic acids is 2. The molecule has 0 bridgehead atoms. The van der Waals surface area contributed by atoms with Gasteiger partial charge in [-0.15, -0.1) is 0 Å². The lowest BCUT2D eigenvalue weighted by Crippen LogP contribution is -1.79. The highest BCUT2D eigenvalue weighted by Crippen LogP contribution is 2.30. The van der Waals surface area contributed by atoms with Gasteiger partial charge in [-0.2, -0.15) is 0 Å². The summed E-state index contributed by atoms with van der Waals surface area (Å²) >= 11 is 0. The predicted molar refractivity (Wildman–Crippen MR) is 97.1 cm³/mol. The largest absolute Gasteiger partial charge is 0.724 e. The third kappa shape index (κ3) is 3.42. The van der Waals surface area contributed by atoms with E-state index in [0.717, 1.165) is 0 Å². The fourth-order valence-corrected chi connectivity index (χ4v) is 2.77. The molecule has 0 amide bonds. The van der Waals surface area contributed by atoms with Gasteiger partial charge < -0.3 is 10.8 Å². The van der Waals surface area contributed by atoms with Gasteiger partial charge in [0.1, 0.15) is 0 Å². The van der Waals surface area contributed by atoms with Crippen LogP contribution < -0.4 is 0 Å². The minimum Gasteiger partial charge on any atom is -0.724 e. The van der Waals surface area contributed by atoms with E-state index in [1.54, 1.807) is 0 Å². The molecule has 4 rings (SSSR count). The number of benzene rings is 4. The first-order valence-electron chi connectivity index (χ1n) is 7.08. The molecule has 4 nitrogen and oxygen atoms in total. The fourth-order valence-electron chi connectivity index (χ4n) is 2.77. The Kier molecular flexibility index (Phi) is 5.71. The van der Waals surface area contributed by atoms with Crippen LogP contribution in [-0.4, -0.2) is 12.2 Å². The maximum atomic E-state index is 8.24. The predicted octanol–water partition coefficient (Wildman–Crippen LogP) is 4.93. The lowest BCUT2D eigenvalue weighted by atomic mass is 9.97. The van der Waals surface area contributed by atoms with Gasteiger partial charge in [0.25, 0.3) is 0 Å². The second-order valence-corrected chi connectivity index (χ2v) is 4.85. The van der Waals surface area contributed by atoms with Gasteiger partial charge in [-0.3, -0.25) is 9.59 Å². The van der Waals surface area contributed by atoms with Crippen molar-refractivity contribution in [2.75, 3.05) is 0 Å². The smallest absolute Gasteiger partial charge is 0.00990 e. The third-order valence-corrected chi connectivity index (χ3v) is 3.65. The Morgan fingerprint density at radius 2 is 0.833 bits per heavy atom. The average molecular weight is 312 g/mol. The molecule has 0 atom stereocenters. The van der Waals surface area contributed by atoms with Crippen LogP contribution >= 0.6 is 0 Å². The van der Waals surface area contributed by atoms with Crippen LogP contribution in [0.2, 0.25) is 0 Å². The number of hydrogen-bond donors (Lipinski definition) is 0.